The molecule has 100 valence electrons. The van der Waals surface area contributed by atoms with Crippen molar-refractivity contribution in [1.29, 1.82) is 10.7 Å². The number of nitriles is 1. The molecule has 0 amide bonds. The van der Waals surface area contributed by atoms with E-state index in [0.29, 0.717) is 11.3 Å². The number of hydrogen-bond acceptors (Lipinski definition) is 6. The summed E-state index contributed by atoms with van der Waals surface area (Å²) in [5.41, 5.74) is 6.77. The summed E-state index contributed by atoms with van der Waals surface area (Å²) in [5.74, 6) is -0.232. The molecule has 1 aromatic carbocycles. The number of esters is 1. The summed E-state index contributed by atoms with van der Waals surface area (Å²) in [6.45, 7) is 0. The molecule has 0 saturated carbocycles. The molecule has 7 heteroatoms. The second kappa shape index (κ2) is 5.24. The van der Waals surface area contributed by atoms with E-state index in [4.69, 9.17) is 16.4 Å². The lowest BCUT2D eigenvalue weighted by atomic mass is 10.2. The highest BCUT2D eigenvalue weighted by Gasteiger charge is 2.13. The minimum absolute atomic E-state index is 0.129. The molecule has 7 nitrogen and oxygen atoms in total. The predicted octanol–water partition coefficient (Wildman–Crippen LogP) is 1.13. The molecule has 0 aliphatic rings. The Morgan fingerprint density at radius 1 is 1.45 bits per heavy atom. The van der Waals surface area contributed by atoms with Crippen molar-refractivity contribution in [2.75, 3.05) is 12.8 Å². The van der Waals surface area contributed by atoms with Gasteiger partial charge in [-0.2, -0.15) is 5.26 Å². The second-order valence-electron chi connectivity index (χ2n) is 3.87. The van der Waals surface area contributed by atoms with Gasteiger partial charge >= 0.3 is 5.97 Å². The van der Waals surface area contributed by atoms with Crippen molar-refractivity contribution < 1.29 is 9.53 Å². The topological polar surface area (TPSA) is 118 Å². The van der Waals surface area contributed by atoms with E-state index >= 15 is 0 Å². The number of rotatable bonds is 3. The molecule has 1 heterocycles. The van der Waals surface area contributed by atoms with Gasteiger partial charge in [0.2, 0.25) is 0 Å². The minimum Gasteiger partial charge on any atom is -0.465 e. The first-order valence-corrected chi connectivity index (χ1v) is 5.59. The molecule has 3 N–H and O–H groups in total. The van der Waals surface area contributed by atoms with Crippen LogP contribution in [0.5, 0.6) is 0 Å². The number of imidazole rings is 1. The molecule has 20 heavy (non-hydrogen) atoms. The van der Waals surface area contributed by atoms with E-state index in [2.05, 4.69) is 9.72 Å². The van der Waals surface area contributed by atoms with E-state index in [1.54, 1.807) is 30.3 Å². The van der Waals surface area contributed by atoms with Crippen LogP contribution < -0.4 is 5.73 Å². The van der Waals surface area contributed by atoms with Gasteiger partial charge in [0.05, 0.1) is 12.7 Å². The van der Waals surface area contributed by atoms with Crippen LogP contribution in [0.25, 0.3) is 5.69 Å². The molecule has 0 saturated heterocycles. The fraction of sp³-hybridized carbons (Fsp3) is 0.0769. The summed E-state index contributed by atoms with van der Waals surface area (Å²) in [6, 6.07) is 8.21. The van der Waals surface area contributed by atoms with Crippen molar-refractivity contribution in [3.05, 3.63) is 41.9 Å². The summed E-state index contributed by atoms with van der Waals surface area (Å²) in [5, 5.41) is 16.1. The number of carbonyl (C=O) groups is 1. The number of anilines is 1. The number of nitrogens with two attached hydrogens (primary N) is 1. The largest absolute Gasteiger partial charge is 0.465 e. The van der Waals surface area contributed by atoms with Crippen molar-refractivity contribution in [3.8, 4) is 11.8 Å². The van der Waals surface area contributed by atoms with Gasteiger partial charge in [0.1, 0.15) is 23.9 Å². The number of benzene rings is 1. The molecule has 0 atom stereocenters. The quantitative estimate of drug-likeness (QED) is 0.639. The van der Waals surface area contributed by atoms with Gasteiger partial charge in [-0.1, -0.05) is 0 Å². The minimum atomic E-state index is -0.429. The maximum atomic E-state index is 11.3. The van der Waals surface area contributed by atoms with Crippen LogP contribution in [-0.4, -0.2) is 28.3 Å². The summed E-state index contributed by atoms with van der Waals surface area (Å²) in [4.78, 5) is 15.3. The first kappa shape index (κ1) is 13.3. The van der Waals surface area contributed by atoms with Gasteiger partial charge in [0, 0.05) is 5.69 Å². The molecule has 0 unspecified atom stereocenters. The van der Waals surface area contributed by atoms with Crippen molar-refractivity contribution >= 4 is 17.5 Å². The molecule has 0 radical (unpaired) electrons. The average molecular weight is 269 g/mol. The number of ether oxygens (including phenoxy) is 1. The fourth-order valence-corrected chi connectivity index (χ4v) is 1.69. The Labute approximate surface area is 114 Å². The lowest BCUT2D eigenvalue weighted by Crippen LogP contribution is -2.05. The Morgan fingerprint density at radius 2 is 2.10 bits per heavy atom. The molecule has 1 aromatic heterocycles. The highest BCUT2D eigenvalue weighted by atomic mass is 16.5. The summed E-state index contributed by atoms with van der Waals surface area (Å²) < 4.78 is 6.14. The Morgan fingerprint density at radius 3 is 2.65 bits per heavy atom. The van der Waals surface area contributed by atoms with Crippen LogP contribution >= 0.6 is 0 Å². The molecule has 0 bridgehead atoms. The van der Waals surface area contributed by atoms with Gasteiger partial charge in [0.25, 0.3) is 0 Å². The molecular weight excluding hydrogens is 258 g/mol. The fourth-order valence-electron chi connectivity index (χ4n) is 1.69. The molecule has 2 rings (SSSR count). The van der Waals surface area contributed by atoms with Gasteiger partial charge < -0.3 is 10.5 Å². The van der Waals surface area contributed by atoms with E-state index in [-0.39, 0.29) is 17.2 Å². The van der Waals surface area contributed by atoms with E-state index in [1.807, 2.05) is 0 Å². The van der Waals surface area contributed by atoms with Crippen LogP contribution in [0.15, 0.2) is 30.6 Å². The van der Waals surface area contributed by atoms with Crippen LogP contribution in [0.3, 0.4) is 0 Å². The van der Waals surface area contributed by atoms with Gasteiger partial charge in [-0.3, -0.25) is 9.98 Å². The average Bonchev–Trinajstić information content (AvgIpc) is 2.87. The normalized spacial score (nSPS) is 9.80. The van der Waals surface area contributed by atoms with Gasteiger partial charge in [-0.05, 0) is 24.3 Å². The first-order valence-electron chi connectivity index (χ1n) is 5.59. The number of hydrogen-bond donors (Lipinski definition) is 2. The first-order chi connectivity index (χ1) is 9.58. The summed E-state index contributed by atoms with van der Waals surface area (Å²) in [6.07, 6.45) is 1.42. The second-order valence-corrected chi connectivity index (χ2v) is 3.87. The lowest BCUT2D eigenvalue weighted by molar-refractivity contribution is 0.0601. The van der Waals surface area contributed by atoms with Crippen LogP contribution in [0, 0.1) is 16.7 Å². The number of nitrogen functional groups attached to an aromatic ring is 1. The smallest absolute Gasteiger partial charge is 0.337 e. The van der Waals surface area contributed by atoms with Gasteiger partial charge in [-0.25, -0.2) is 9.78 Å². The number of nitrogens with one attached hydrogen (secondary N) is 1. The van der Waals surface area contributed by atoms with Crippen LogP contribution in [0.4, 0.5) is 5.82 Å². The van der Waals surface area contributed by atoms with Gasteiger partial charge in [-0.15, -0.1) is 0 Å². The van der Waals surface area contributed by atoms with Crippen LogP contribution in [-0.2, 0) is 4.74 Å². The third-order valence-electron chi connectivity index (χ3n) is 2.72. The number of methoxy groups -OCH3 is 1. The van der Waals surface area contributed by atoms with Crippen LogP contribution in [0.1, 0.15) is 16.1 Å². The van der Waals surface area contributed by atoms with E-state index in [9.17, 15) is 4.79 Å². The third kappa shape index (κ3) is 2.22. The van der Waals surface area contributed by atoms with Crippen molar-refractivity contribution in [1.82, 2.24) is 9.55 Å². The van der Waals surface area contributed by atoms with E-state index in [1.165, 1.54) is 18.0 Å². The molecule has 0 spiro atoms. The zero-order valence-electron chi connectivity index (χ0n) is 10.6. The van der Waals surface area contributed by atoms with Crippen molar-refractivity contribution in [2.45, 2.75) is 0 Å². The predicted molar refractivity (Wildman–Crippen MR) is 71.8 cm³/mol. The maximum Gasteiger partial charge on any atom is 0.337 e. The summed E-state index contributed by atoms with van der Waals surface area (Å²) >= 11 is 0. The molecule has 0 fully saturated rings. The van der Waals surface area contributed by atoms with Crippen molar-refractivity contribution in [2.24, 2.45) is 0 Å². The zero-order chi connectivity index (χ0) is 14.7. The highest BCUT2D eigenvalue weighted by Crippen LogP contribution is 2.18. The molecule has 2 aromatic rings. The number of aromatic nitrogens is 2. The standard InChI is InChI=1S/C13H11N5O2/c1-20-13(19)8-2-4-9(5-3-8)18-7-17-11(12(18)16)10(15)6-14/h2-5,7,15H,16H2,1H3. The lowest BCUT2D eigenvalue weighted by Gasteiger charge is -2.06. The summed E-state index contributed by atoms with van der Waals surface area (Å²) in [7, 11) is 1.31. The number of carbonyl (C=O) groups excluding carboxylic acids is 1. The Balaban J connectivity index is 2.38. The monoisotopic (exact) mass is 269 g/mol. The zero-order valence-corrected chi connectivity index (χ0v) is 10.6. The van der Waals surface area contributed by atoms with Crippen LogP contribution in [0.2, 0.25) is 0 Å². The molecule has 0 aliphatic heterocycles. The highest BCUT2D eigenvalue weighted by molar-refractivity contribution is 6.10. The Bertz CT molecular complexity index is 709. The SMILES string of the molecule is COC(=O)c1ccc(-n2cnc(C(=N)C#N)c2N)cc1. The van der Waals surface area contributed by atoms with Crippen molar-refractivity contribution in [3.63, 3.8) is 0 Å². The van der Waals surface area contributed by atoms with E-state index < -0.39 is 5.97 Å². The molecule has 0 aliphatic carbocycles. The maximum absolute atomic E-state index is 11.3. The third-order valence-corrected chi connectivity index (χ3v) is 2.72. The van der Waals surface area contributed by atoms with Gasteiger partial charge in [0.15, 0.2) is 5.71 Å². The van der Waals surface area contributed by atoms with E-state index in [0.717, 1.165) is 0 Å². The Hall–Kier alpha value is -3.14. The number of nitrogens with zero attached hydrogens (tertiary/aromatic N) is 3. The Kier molecular flexibility index (Phi) is 3.48. The molecular formula is C13H11N5O2.